The van der Waals surface area contributed by atoms with Crippen molar-refractivity contribution in [2.45, 2.75) is 44.7 Å². The molecule has 116 valence electrons. The van der Waals surface area contributed by atoms with Crippen molar-refractivity contribution in [3.05, 3.63) is 28.3 Å². The molecular weight excluding hydrogens is 284 g/mol. The van der Waals surface area contributed by atoms with Crippen LogP contribution in [0.15, 0.2) is 12.1 Å². The van der Waals surface area contributed by atoms with Crippen molar-refractivity contribution in [1.29, 1.82) is 0 Å². The smallest absolute Gasteiger partial charge is 0.127 e. The molecule has 1 aromatic rings. The first-order valence-electron chi connectivity index (χ1n) is 8.10. The van der Waals surface area contributed by atoms with Crippen molar-refractivity contribution in [2.24, 2.45) is 0 Å². The molecule has 21 heavy (non-hydrogen) atoms. The molecule has 1 aromatic carbocycles. The Balaban J connectivity index is 1.75. The predicted molar refractivity (Wildman–Crippen MR) is 87.2 cm³/mol. The van der Waals surface area contributed by atoms with Gasteiger partial charge < -0.3 is 10.1 Å². The highest BCUT2D eigenvalue weighted by Gasteiger charge is 2.25. The highest BCUT2D eigenvalue weighted by Crippen LogP contribution is 2.34. The van der Waals surface area contributed by atoms with Gasteiger partial charge in [0.2, 0.25) is 0 Å². The summed E-state index contributed by atoms with van der Waals surface area (Å²) in [5.41, 5.74) is 2.55. The minimum atomic E-state index is 0.683. The number of halogens is 1. The van der Waals surface area contributed by atoms with Gasteiger partial charge in [-0.2, -0.15) is 0 Å². The first kappa shape index (κ1) is 15.1. The number of nitrogens with one attached hydrogen (secondary N) is 1. The molecule has 2 heterocycles. The van der Waals surface area contributed by atoms with E-state index < -0.39 is 0 Å². The Labute approximate surface area is 132 Å². The van der Waals surface area contributed by atoms with Crippen molar-refractivity contribution < 1.29 is 4.74 Å². The molecule has 2 aliphatic rings. The Hall–Kier alpha value is -0.770. The van der Waals surface area contributed by atoms with E-state index in [0.717, 1.165) is 36.9 Å². The van der Waals surface area contributed by atoms with Crippen molar-refractivity contribution in [3.8, 4) is 5.75 Å². The summed E-state index contributed by atoms with van der Waals surface area (Å²) in [4.78, 5) is 2.62. The molecule has 3 nitrogen and oxygen atoms in total. The van der Waals surface area contributed by atoms with Gasteiger partial charge in [0.15, 0.2) is 0 Å². The number of likely N-dealkylation sites (tertiary alicyclic amines) is 1. The second-order valence-electron chi connectivity index (χ2n) is 6.16. The second-order valence-corrected chi connectivity index (χ2v) is 6.60. The van der Waals surface area contributed by atoms with E-state index in [2.05, 4.69) is 22.3 Å². The van der Waals surface area contributed by atoms with E-state index in [9.17, 15) is 0 Å². The van der Waals surface area contributed by atoms with Gasteiger partial charge in [0.1, 0.15) is 5.75 Å². The van der Waals surface area contributed by atoms with Crippen LogP contribution in [0.4, 0.5) is 0 Å². The molecule has 0 saturated carbocycles. The average molecular weight is 309 g/mol. The third-order valence-corrected chi connectivity index (χ3v) is 4.89. The molecular formula is C17H25ClN2O. The number of hydrogen-bond acceptors (Lipinski definition) is 3. The third-order valence-electron chi connectivity index (χ3n) is 4.68. The first-order valence-corrected chi connectivity index (χ1v) is 8.48. The van der Waals surface area contributed by atoms with Gasteiger partial charge in [0.25, 0.3) is 0 Å². The maximum Gasteiger partial charge on any atom is 0.127 e. The van der Waals surface area contributed by atoms with E-state index in [1.807, 2.05) is 7.05 Å². The Morgan fingerprint density at radius 2 is 2.29 bits per heavy atom. The van der Waals surface area contributed by atoms with Crippen molar-refractivity contribution in [1.82, 2.24) is 10.2 Å². The summed E-state index contributed by atoms with van der Waals surface area (Å²) >= 11 is 6.28. The van der Waals surface area contributed by atoms with Crippen molar-refractivity contribution >= 4 is 11.6 Å². The maximum absolute atomic E-state index is 6.28. The maximum atomic E-state index is 6.28. The lowest BCUT2D eigenvalue weighted by Gasteiger charge is -2.36. The highest BCUT2D eigenvalue weighted by atomic mass is 35.5. The molecule has 3 rings (SSSR count). The lowest BCUT2D eigenvalue weighted by atomic mass is 9.98. The number of piperidine rings is 1. The Morgan fingerprint density at radius 1 is 1.38 bits per heavy atom. The zero-order valence-electron chi connectivity index (χ0n) is 12.8. The van der Waals surface area contributed by atoms with Crippen LogP contribution in [0.2, 0.25) is 5.02 Å². The quantitative estimate of drug-likeness (QED) is 0.904. The van der Waals surface area contributed by atoms with Gasteiger partial charge in [-0.3, -0.25) is 4.90 Å². The number of rotatable bonds is 5. The fourth-order valence-corrected chi connectivity index (χ4v) is 3.85. The van der Waals surface area contributed by atoms with Crippen molar-refractivity contribution in [3.63, 3.8) is 0 Å². The Kier molecular flexibility index (Phi) is 5.04. The molecule has 0 aromatic heterocycles. The van der Waals surface area contributed by atoms with Gasteiger partial charge in [-0.25, -0.2) is 0 Å². The number of hydrogen-bond donors (Lipinski definition) is 1. The fraction of sp³-hybridized carbons (Fsp3) is 0.647. The lowest BCUT2D eigenvalue weighted by Crippen LogP contribution is -2.40. The van der Waals surface area contributed by atoms with Crippen LogP contribution in [0.3, 0.4) is 0 Å². The van der Waals surface area contributed by atoms with Gasteiger partial charge in [-0.05, 0) is 57.1 Å². The minimum Gasteiger partial charge on any atom is -0.493 e. The molecule has 1 atom stereocenters. The number of nitrogens with zero attached hydrogens (tertiary/aromatic N) is 1. The summed E-state index contributed by atoms with van der Waals surface area (Å²) in [5.74, 6) is 1.09. The second kappa shape index (κ2) is 6.99. The zero-order chi connectivity index (χ0) is 14.7. The molecule has 4 heteroatoms. The molecule has 2 aliphatic heterocycles. The predicted octanol–water partition coefficient (Wildman–Crippen LogP) is 3.24. The van der Waals surface area contributed by atoms with E-state index >= 15 is 0 Å². The van der Waals surface area contributed by atoms with E-state index in [1.165, 1.54) is 43.4 Å². The van der Waals surface area contributed by atoms with Crippen LogP contribution in [0, 0.1) is 0 Å². The van der Waals surface area contributed by atoms with Crippen LogP contribution < -0.4 is 10.1 Å². The van der Waals surface area contributed by atoms with Gasteiger partial charge in [-0.15, -0.1) is 0 Å². The molecule has 0 amide bonds. The fourth-order valence-electron chi connectivity index (χ4n) is 3.59. The summed E-state index contributed by atoms with van der Waals surface area (Å²) in [6.45, 7) is 4.05. The third kappa shape index (κ3) is 3.53. The van der Waals surface area contributed by atoms with Crippen LogP contribution in [0.5, 0.6) is 5.75 Å². The van der Waals surface area contributed by atoms with E-state index in [4.69, 9.17) is 16.3 Å². The summed E-state index contributed by atoms with van der Waals surface area (Å²) in [7, 11) is 2.03. The summed E-state index contributed by atoms with van der Waals surface area (Å²) in [5, 5.41) is 4.12. The Morgan fingerprint density at radius 3 is 3.14 bits per heavy atom. The zero-order valence-corrected chi connectivity index (χ0v) is 13.6. The van der Waals surface area contributed by atoms with Crippen LogP contribution in [-0.2, 0) is 13.0 Å². The van der Waals surface area contributed by atoms with Gasteiger partial charge in [0.05, 0.1) is 6.61 Å². The lowest BCUT2D eigenvalue weighted by molar-refractivity contribution is 0.131. The van der Waals surface area contributed by atoms with Crippen LogP contribution >= 0.6 is 11.6 Å². The molecule has 1 fully saturated rings. The van der Waals surface area contributed by atoms with E-state index in [0.29, 0.717) is 6.04 Å². The largest absolute Gasteiger partial charge is 0.493 e. The SMILES string of the molecule is CNCCC1CCCCN1Cc1cc(Cl)cc2c1OCC2. The highest BCUT2D eigenvalue weighted by molar-refractivity contribution is 6.30. The summed E-state index contributed by atoms with van der Waals surface area (Å²) < 4.78 is 5.84. The standard InChI is InChI=1S/C17H25ClN2O/c1-19-7-5-16-4-2-3-8-20(16)12-14-11-15(18)10-13-6-9-21-17(13)14/h10-11,16,19H,2-9,12H2,1H3. The van der Waals surface area contributed by atoms with Gasteiger partial charge >= 0.3 is 0 Å². The van der Waals surface area contributed by atoms with Gasteiger partial charge in [-0.1, -0.05) is 18.0 Å². The van der Waals surface area contributed by atoms with Gasteiger partial charge in [0, 0.05) is 29.6 Å². The normalized spacial score (nSPS) is 22.1. The molecule has 0 spiro atoms. The number of benzene rings is 1. The minimum absolute atomic E-state index is 0.683. The average Bonchev–Trinajstić information content (AvgIpc) is 2.94. The topological polar surface area (TPSA) is 24.5 Å². The molecule has 1 saturated heterocycles. The van der Waals surface area contributed by atoms with Crippen molar-refractivity contribution in [2.75, 3.05) is 26.7 Å². The van der Waals surface area contributed by atoms with Crippen LogP contribution in [0.25, 0.3) is 0 Å². The molecule has 0 radical (unpaired) electrons. The monoisotopic (exact) mass is 308 g/mol. The summed E-state index contributed by atoms with van der Waals surface area (Å²) in [6.07, 6.45) is 6.19. The molecule has 0 bridgehead atoms. The van der Waals surface area contributed by atoms with Crippen LogP contribution in [-0.4, -0.2) is 37.7 Å². The molecule has 0 aliphatic carbocycles. The van der Waals surface area contributed by atoms with Crippen LogP contribution in [0.1, 0.15) is 36.8 Å². The number of ether oxygens (including phenoxy) is 1. The molecule has 1 unspecified atom stereocenters. The number of fused-ring (bicyclic) bond motifs is 1. The van der Waals surface area contributed by atoms with E-state index in [1.54, 1.807) is 0 Å². The van der Waals surface area contributed by atoms with E-state index in [-0.39, 0.29) is 0 Å². The first-order chi connectivity index (χ1) is 10.3. The summed E-state index contributed by atoms with van der Waals surface area (Å²) in [6, 6.07) is 4.83. The Bertz CT molecular complexity index is 492. The molecule has 1 N–H and O–H groups in total.